The van der Waals surface area contributed by atoms with Crippen molar-refractivity contribution < 1.29 is 13.7 Å². The lowest BCUT2D eigenvalue weighted by Crippen LogP contribution is -2.24. The molecule has 2 aromatic heterocycles. The van der Waals surface area contributed by atoms with Crippen LogP contribution in [0.15, 0.2) is 27.1 Å². The van der Waals surface area contributed by atoms with Gasteiger partial charge in [0.05, 0.1) is 0 Å². The van der Waals surface area contributed by atoms with Gasteiger partial charge in [-0.3, -0.25) is 4.79 Å². The van der Waals surface area contributed by atoms with E-state index in [2.05, 4.69) is 22.4 Å². The molecular formula is C16H19N3O3. The van der Waals surface area contributed by atoms with Crippen LogP contribution in [-0.4, -0.2) is 16.0 Å². The van der Waals surface area contributed by atoms with Gasteiger partial charge in [0.2, 0.25) is 11.8 Å². The molecule has 2 aromatic rings. The Balaban J connectivity index is 1.55. The quantitative estimate of drug-likeness (QED) is 0.859. The van der Waals surface area contributed by atoms with E-state index in [1.165, 1.54) is 12.5 Å². The Morgan fingerprint density at radius 3 is 2.91 bits per heavy atom. The molecule has 22 heavy (non-hydrogen) atoms. The van der Waals surface area contributed by atoms with Crippen LogP contribution < -0.4 is 5.32 Å². The summed E-state index contributed by atoms with van der Waals surface area (Å²) >= 11 is 0. The van der Waals surface area contributed by atoms with E-state index < -0.39 is 0 Å². The SMILES string of the molecule is Cc1noc([C@H](C)NC(=O)/C=C\c2ccc([C@@H]3C[C@@H]3C)o2)n1. The molecule has 0 aromatic carbocycles. The van der Waals surface area contributed by atoms with Crippen molar-refractivity contribution in [2.45, 2.75) is 39.2 Å². The molecule has 6 nitrogen and oxygen atoms in total. The molecule has 0 aliphatic heterocycles. The maximum absolute atomic E-state index is 11.9. The highest BCUT2D eigenvalue weighted by atomic mass is 16.5. The summed E-state index contributed by atoms with van der Waals surface area (Å²) in [4.78, 5) is 16.0. The molecule has 0 saturated heterocycles. The van der Waals surface area contributed by atoms with E-state index >= 15 is 0 Å². The van der Waals surface area contributed by atoms with Gasteiger partial charge >= 0.3 is 0 Å². The highest BCUT2D eigenvalue weighted by molar-refractivity contribution is 5.91. The molecule has 0 unspecified atom stereocenters. The number of hydrogen-bond acceptors (Lipinski definition) is 5. The average molecular weight is 301 g/mol. The number of aryl methyl sites for hydroxylation is 1. The number of hydrogen-bond donors (Lipinski definition) is 1. The third-order valence-electron chi connectivity index (χ3n) is 3.79. The van der Waals surface area contributed by atoms with Crippen molar-refractivity contribution in [3.63, 3.8) is 0 Å². The van der Waals surface area contributed by atoms with E-state index in [9.17, 15) is 4.79 Å². The van der Waals surface area contributed by atoms with E-state index in [0.29, 0.717) is 29.3 Å². The summed E-state index contributed by atoms with van der Waals surface area (Å²) in [5.41, 5.74) is 0. The standard InChI is InChI=1S/C16H19N3O3/c1-9-8-13(9)14-6-4-12(21-14)5-7-15(20)17-10(2)16-18-11(3)19-22-16/h4-7,9-10,13H,8H2,1-3H3,(H,17,20)/b7-5-/t9-,10-,13+/m0/s1. The van der Waals surface area contributed by atoms with Gasteiger partial charge in [0, 0.05) is 12.0 Å². The molecule has 1 amide bonds. The maximum atomic E-state index is 11.9. The predicted octanol–water partition coefficient (Wildman–Crippen LogP) is 2.99. The molecule has 1 aliphatic rings. The lowest BCUT2D eigenvalue weighted by molar-refractivity contribution is -0.117. The summed E-state index contributed by atoms with van der Waals surface area (Å²) in [5.74, 6) is 3.63. The molecule has 1 N–H and O–H groups in total. The van der Waals surface area contributed by atoms with Gasteiger partial charge in [-0.05, 0) is 44.4 Å². The lowest BCUT2D eigenvalue weighted by Gasteiger charge is -2.06. The number of aromatic nitrogens is 2. The van der Waals surface area contributed by atoms with E-state index in [4.69, 9.17) is 8.94 Å². The fourth-order valence-corrected chi connectivity index (χ4v) is 2.35. The summed E-state index contributed by atoms with van der Waals surface area (Å²) in [7, 11) is 0. The van der Waals surface area contributed by atoms with E-state index in [1.54, 1.807) is 19.9 Å². The van der Waals surface area contributed by atoms with Crippen LogP contribution in [0.5, 0.6) is 0 Å². The second kappa shape index (κ2) is 5.79. The smallest absolute Gasteiger partial charge is 0.248 e. The predicted molar refractivity (Wildman–Crippen MR) is 79.9 cm³/mol. The normalized spacial score (nSPS) is 22.0. The molecule has 116 valence electrons. The minimum Gasteiger partial charge on any atom is -0.461 e. The van der Waals surface area contributed by atoms with Crippen LogP contribution in [0.25, 0.3) is 6.08 Å². The topological polar surface area (TPSA) is 81.2 Å². The Bertz CT molecular complexity index is 701. The molecule has 3 atom stereocenters. The maximum Gasteiger partial charge on any atom is 0.248 e. The Hall–Kier alpha value is -2.37. The van der Waals surface area contributed by atoms with Gasteiger partial charge in [-0.2, -0.15) is 4.98 Å². The molecule has 2 heterocycles. The van der Waals surface area contributed by atoms with E-state index in [0.717, 1.165) is 5.76 Å². The zero-order valence-electron chi connectivity index (χ0n) is 12.9. The molecule has 3 rings (SSSR count). The Morgan fingerprint density at radius 1 is 1.50 bits per heavy atom. The Morgan fingerprint density at radius 2 is 2.27 bits per heavy atom. The van der Waals surface area contributed by atoms with Crippen LogP contribution >= 0.6 is 0 Å². The lowest BCUT2D eigenvalue weighted by atomic mass is 10.3. The van der Waals surface area contributed by atoms with E-state index in [-0.39, 0.29) is 11.9 Å². The first-order valence-corrected chi connectivity index (χ1v) is 7.41. The highest BCUT2D eigenvalue weighted by Gasteiger charge is 2.36. The summed E-state index contributed by atoms with van der Waals surface area (Å²) in [6.07, 6.45) is 4.29. The van der Waals surface area contributed by atoms with Gasteiger partial charge in [0.15, 0.2) is 5.82 Å². The van der Waals surface area contributed by atoms with Gasteiger partial charge in [-0.15, -0.1) is 0 Å². The van der Waals surface area contributed by atoms with Crippen LogP contribution in [0.2, 0.25) is 0 Å². The summed E-state index contributed by atoms with van der Waals surface area (Å²) in [6.45, 7) is 5.73. The van der Waals surface area contributed by atoms with E-state index in [1.807, 2.05) is 12.1 Å². The number of carbonyl (C=O) groups excluding carboxylic acids is 1. The molecule has 0 bridgehead atoms. The minimum atomic E-state index is -0.335. The van der Waals surface area contributed by atoms with Crippen molar-refractivity contribution in [3.05, 3.63) is 41.4 Å². The van der Waals surface area contributed by atoms with Gasteiger partial charge in [0.1, 0.15) is 17.6 Å². The molecule has 1 aliphatic carbocycles. The first-order chi connectivity index (χ1) is 10.5. The monoisotopic (exact) mass is 301 g/mol. The third-order valence-corrected chi connectivity index (χ3v) is 3.79. The Kier molecular flexibility index (Phi) is 3.83. The molecule has 1 fully saturated rings. The van der Waals surface area contributed by atoms with Crippen molar-refractivity contribution in [1.82, 2.24) is 15.5 Å². The fraction of sp³-hybridized carbons (Fsp3) is 0.438. The zero-order chi connectivity index (χ0) is 15.7. The van der Waals surface area contributed by atoms with Crippen molar-refractivity contribution in [2.75, 3.05) is 0 Å². The third kappa shape index (κ3) is 3.27. The van der Waals surface area contributed by atoms with Gasteiger partial charge in [-0.25, -0.2) is 0 Å². The van der Waals surface area contributed by atoms with Crippen molar-refractivity contribution in [1.29, 1.82) is 0 Å². The summed E-state index contributed by atoms with van der Waals surface area (Å²) in [5, 5.41) is 6.46. The van der Waals surface area contributed by atoms with Crippen LogP contribution in [-0.2, 0) is 4.79 Å². The summed E-state index contributed by atoms with van der Waals surface area (Å²) < 4.78 is 10.7. The number of nitrogens with one attached hydrogen (secondary N) is 1. The number of nitrogens with zero attached hydrogens (tertiary/aromatic N) is 2. The fourth-order valence-electron chi connectivity index (χ4n) is 2.35. The average Bonchev–Trinajstić information content (AvgIpc) is 2.91. The largest absolute Gasteiger partial charge is 0.461 e. The molecule has 0 spiro atoms. The molecular weight excluding hydrogens is 282 g/mol. The van der Waals surface area contributed by atoms with Gasteiger partial charge < -0.3 is 14.3 Å². The van der Waals surface area contributed by atoms with Crippen LogP contribution in [0, 0.1) is 12.8 Å². The number of carbonyl (C=O) groups is 1. The van der Waals surface area contributed by atoms with Gasteiger partial charge in [-0.1, -0.05) is 12.1 Å². The summed E-state index contributed by atoms with van der Waals surface area (Å²) in [6, 6.07) is 3.53. The minimum absolute atomic E-state index is 0.235. The Labute approximate surface area is 128 Å². The van der Waals surface area contributed by atoms with Crippen LogP contribution in [0.1, 0.15) is 55.5 Å². The number of rotatable bonds is 5. The zero-order valence-corrected chi connectivity index (χ0v) is 12.9. The first kappa shape index (κ1) is 14.6. The first-order valence-electron chi connectivity index (χ1n) is 7.41. The highest BCUT2D eigenvalue weighted by Crippen LogP contribution is 2.47. The van der Waals surface area contributed by atoms with Crippen LogP contribution in [0.4, 0.5) is 0 Å². The van der Waals surface area contributed by atoms with Crippen molar-refractivity contribution in [2.24, 2.45) is 5.92 Å². The number of amides is 1. The molecule has 0 radical (unpaired) electrons. The molecule has 1 saturated carbocycles. The second-order valence-corrected chi connectivity index (χ2v) is 5.80. The van der Waals surface area contributed by atoms with Gasteiger partial charge in [0.25, 0.3) is 0 Å². The second-order valence-electron chi connectivity index (χ2n) is 5.80. The van der Waals surface area contributed by atoms with Crippen molar-refractivity contribution >= 4 is 12.0 Å². The van der Waals surface area contributed by atoms with Crippen molar-refractivity contribution in [3.8, 4) is 0 Å². The number of furan rings is 1. The van der Waals surface area contributed by atoms with Crippen LogP contribution in [0.3, 0.4) is 0 Å². The molecule has 6 heteroatoms.